The van der Waals surface area contributed by atoms with Crippen LogP contribution in [0.2, 0.25) is 0 Å². The van der Waals surface area contributed by atoms with Crippen molar-refractivity contribution in [1.82, 2.24) is 19.9 Å². The molecule has 4 heterocycles. The maximum Gasteiger partial charge on any atom is 0.0967 e. The summed E-state index contributed by atoms with van der Waals surface area (Å²) in [6.45, 7) is 6.02. The average Bonchev–Trinajstić information content (AvgIpc) is 2.79. The van der Waals surface area contributed by atoms with E-state index in [0.29, 0.717) is 0 Å². The Bertz CT molecular complexity index is 1510. The lowest BCUT2D eigenvalue weighted by Crippen LogP contribution is -1.89. The molecule has 0 amide bonds. The molecule has 4 heteroatoms. The van der Waals surface area contributed by atoms with Crippen LogP contribution in [-0.4, -0.2) is 19.9 Å². The van der Waals surface area contributed by atoms with E-state index < -0.39 is 0 Å². The Morgan fingerprint density at radius 3 is 1.23 bits per heavy atom. The maximum absolute atomic E-state index is 4.58. The molecular weight excluding hydrogens is 380 g/mol. The zero-order chi connectivity index (χ0) is 21.4. The van der Waals surface area contributed by atoms with Crippen molar-refractivity contribution < 1.29 is 0 Å². The van der Waals surface area contributed by atoms with Crippen molar-refractivity contribution in [2.75, 3.05) is 0 Å². The van der Waals surface area contributed by atoms with Crippen LogP contribution in [0.1, 0.15) is 17.1 Å². The molecule has 4 nitrogen and oxygen atoms in total. The molecule has 2 aromatic carbocycles. The van der Waals surface area contributed by atoms with Crippen molar-refractivity contribution in [3.8, 4) is 0 Å². The molecule has 0 aliphatic carbocycles. The topological polar surface area (TPSA) is 51.6 Å². The van der Waals surface area contributed by atoms with Crippen LogP contribution in [0.5, 0.6) is 0 Å². The fourth-order valence-electron chi connectivity index (χ4n) is 3.78. The van der Waals surface area contributed by atoms with Gasteiger partial charge in [-0.05, 0) is 45.0 Å². The molecule has 0 saturated carbocycles. The third-order valence-corrected chi connectivity index (χ3v) is 5.37. The SMILES string of the molecule is Cc1ccc2ccc3ccc(C)nc3c2n1.Cc1ccc2ccc3cccnc3c2n1. The van der Waals surface area contributed by atoms with Crippen molar-refractivity contribution in [3.05, 3.63) is 96.1 Å². The monoisotopic (exact) mass is 402 g/mol. The zero-order valence-electron chi connectivity index (χ0n) is 17.8. The molecule has 6 rings (SSSR count). The van der Waals surface area contributed by atoms with Crippen LogP contribution in [0.4, 0.5) is 0 Å². The summed E-state index contributed by atoms with van der Waals surface area (Å²) in [6.07, 6.45) is 1.81. The lowest BCUT2D eigenvalue weighted by atomic mass is 10.1. The first-order valence-electron chi connectivity index (χ1n) is 10.3. The largest absolute Gasteiger partial charge is 0.254 e. The lowest BCUT2D eigenvalue weighted by molar-refractivity contribution is 1.23. The second kappa shape index (κ2) is 7.73. The molecule has 150 valence electrons. The van der Waals surface area contributed by atoms with Gasteiger partial charge in [0.25, 0.3) is 0 Å². The summed E-state index contributed by atoms with van der Waals surface area (Å²) < 4.78 is 0. The summed E-state index contributed by atoms with van der Waals surface area (Å²) in [7, 11) is 0. The predicted molar refractivity (Wildman–Crippen MR) is 128 cm³/mol. The van der Waals surface area contributed by atoms with Gasteiger partial charge in [-0.15, -0.1) is 0 Å². The summed E-state index contributed by atoms with van der Waals surface area (Å²) in [5.74, 6) is 0. The number of benzene rings is 2. The molecule has 0 radical (unpaired) electrons. The summed E-state index contributed by atoms with van der Waals surface area (Å²) in [5.41, 5.74) is 7.07. The number of aromatic nitrogens is 4. The molecule has 0 unspecified atom stereocenters. The van der Waals surface area contributed by atoms with Crippen LogP contribution in [0.25, 0.3) is 43.6 Å². The van der Waals surface area contributed by atoms with Crippen molar-refractivity contribution in [2.24, 2.45) is 0 Å². The highest BCUT2D eigenvalue weighted by molar-refractivity contribution is 6.03. The minimum absolute atomic E-state index is 0.985. The van der Waals surface area contributed by atoms with Gasteiger partial charge in [-0.25, -0.2) is 0 Å². The predicted octanol–water partition coefficient (Wildman–Crippen LogP) is 6.49. The highest BCUT2D eigenvalue weighted by atomic mass is 14.8. The number of hydrogen-bond acceptors (Lipinski definition) is 4. The van der Waals surface area contributed by atoms with E-state index >= 15 is 0 Å². The highest BCUT2D eigenvalue weighted by Crippen LogP contribution is 2.23. The van der Waals surface area contributed by atoms with E-state index in [9.17, 15) is 0 Å². The average molecular weight is 403 g/mol. The van der Waals surface area contributed by atoms with Gasteiger partial charge in [0.1, 0.15) is 0 Å². The third-order valence-electron chi connectivity index (χ3n) is 5.37. The van der Waals surface area contributed by atoms with Gasteiger partial charge in [0.05, 0.1) is 22.1 Å². The van der Waals surface area contributed by atoms with E-state index in [2.05, 4.69) is 68.5 Å². The Hall–Kier alpha value is -3.92. The zero-order valence-corrected chi connectivity index (χ0v) is 17.8. The summed E-state index contributed by atoms with van der Waals surface area (Å²) in [4.78, 5) is 18.1. The second-order valence-electron chi connectivity index (χ2n) is 7.78. The fraction of sp³-hybridized carbons (Fsp3) is 0.111. The first-order valence-corrected chi connectivity index (χ1v) is 10.3. The Balaban J connectivity index is 0.000000132. The van der Waals surface area contributed by atoms with E-state index in [0.717, 1.165) is 60.7 Å². The van der Waals surface area contributed by atoms with Crippen molar-refractivity contribution >= 4 is 43.6 Å². The molecule has 4 aromatic heterocycles. The Morgan fingerprint density at radius 1 is 0.419 bits per heavy atom. The first-order chi connectivity index (χ1) is 15.1. The summed E-state index contributed by atoms with van der Waals surface area (Å²) in [6, 6.07) is 24.8. The summed E-state index contributed by atoms with van der Waals surface area (Å²) >= 11 is 0. The number of hydrogen-bond donors (Lipinski definition) is 0. The Morgan fingerprint density at radius 2 is 0.774 bits per heavy atom. The van der Waals surface area contributed by atoms with Crippen LogP contribution in [0, 0.1) is 20.8 Å². The fourth-order valence-corrected chi connectivity index (χ4v) is 3.78. The van der Waals surface area contributed by atoms with Gasteiger partial charge in [-0.3, -0.25) is 19.9 Å². The van der Waals surface area contributed by atoms with Crippen molar-refractivity contribution in [2.45, 2.75) is 20.8 Å². The normalized spacial score (nSPS) is 11.1. The van der Waals surface area contributed by atoms with Gasteiger partial charge in [-0.2, -0.15) is 0 Å². The number of aryl methyl sites for hydroxylation is 3. The molecule has 6 aromatic rings. The molecule has 0 N–H and O–H groups in total. The van der Waals surface area contributed by atoms with Crippen molar-refractivity contribution in [3.63, 3.8) is 0 Å². The second-order valence-corrected chi connectivity index (χ2v) is 7.78. The standard InChI is InChI=1S/C14H12N2.C13H10N2/c1-9-3-5-11-7-8-12-6-4-10(2)16-14(12)13(11)15-9;1-9-4-5-11-7-6-10-3-2-8-14-12(10)13(11)15-9/h3-8H,1-2H3;2-8H,1H3. The third kappa shape index (κ3) is 3.68. The van der Waals surface area contributed by atoms with Gasteiger partial charge < -0.3 is 0 Å². The smallest absolute Gasteiger partial charge is 0.0967 e. The lowest BCUT2D eigenvalue weighted by Gasteiger charge is -2.04. The molecule has 0 spiro atoms. The number of pyridine rings is 4. The molecule has 0 bridgehead atoms. The van der Waals surface area contributed by atoms with Gasteiger partial charge in [0.15, 0.2) is 0 Å². The number of fused-ring (bicyclic) bond motifs is 6. The minimum Gasteiger partial charge on any atom is -0.254 e. The first kappa shape index (κ1) is 19.1. The van der Waals surface area contributed by atoms with Crippen LogP contribution < -0.4 is 0 Å². The van der Waals surface area contributed by atoms with E-state index in [1.54, 1.807) is 0 Å². The van der Waals surface area contributed by atoms with E-state index in [1.165, 1.54) is 0 Å². The molecule has 0 saturated heterocycles. The minimum atomic E-state index is 0.985. The quantitative estimate of drug-likeness (QED) is 0.272. The molecule has 0 atom stereocenters. The molecule has 0 fully saturated rings. The summed E-state index contributed by atoms with van der Waals surface area (Å²) in [5, 5.41) is 4.59. The van der Waals surface area contributed by atoms with Crippen molar-refractivity contribution in [1.29, 1.82) is 0 Å². The van der Waals surface area contributed by atoms with Crippen LogP contribution in [-0.2, 0) is 0 Å². The molecule has 31 heavy (non-hydrogen) atoms. The van der Waals surface area contributed by atoms with Crippen LogP contribution in [0.3, 0.4) is 0 Å². The van der Waals surface area contributed by atoms with E-state index in [-0.39, 0.29) is 0 Å². The van der Waals surface area contributed by atoms with Crippen LogP contribution in [0.15, 0.2) is 79.0 Å². The van der Waals surface area contributed by atoms with Gasteiger partial charge in [0.2, 0.25) is 0 Å². The van der Waals surface area contributed by atoms with Gasteiger partial charge in [-0.1, -0.05) is 48.5 Å². The van der Waals surface area contributed by atoms with Crippen LogP contribution >= 0.6 is 0 Å². The van der Waals surface area contributed by atoms with Gasteiger partial charge in [0, 0.05) is 44.8 Å². The molecular formula is C27H22N4. The number of nitrogens with zero attached hydrogens (tertiary/aromatic N) is 4. The highest BCUT2D eigenvalue weighted by Gasteiger charge is 2.04. The van der Waals surface area contributed by atoms with Gasteiger partial charge >= 0.3 is 0 Å². The number of rotatable bonds is 0. The van der Waals surface area contributed by atoms with E-state index in [1.807, 2.05) is 51.2 Å². The maximum atomic E-state index is 4.58. The molecule has 0 aliphatic heterocycles. The molecule has 0 aliphatic rings. The Kier molecular flexibility index (Phi) is 4.75. The Labute approximate surface area is 180 Å². The van der Waals surface area contributed by atoms with E-state index in [4.69, 9.17) is 0 Å².